The van der Waals surface area contributed by atoms with Crippen LogP contribution in [0.2, 0.25) is 0 Å². The van der Waals surface area contributed by atoms with Crippen LogP contribution in [-0.4, -0.2) is 12.1 Å². The van der Waals surface area contributed by atoms with Gasteiger partial charge in [-0.1, -0.05) is 43.2 Å². The maximum absolute atomic E-state index is 3.72. The monoisotopic (exact) mass is 273 g/mol. The summed E-state index contributed by atoms with van der Waals surface area (Å²) in [5, 5.41) is 3.72. The molecule has 1 fully saturated rings. The minimum atomic E-state index is 0.223. The maximum atomic E-state index is 3.72. The molecule has 3 atom stereocenters. The van der Waals surface area contributed by atoms with Crippen molar-refractivity contribution in [2.75, 3.05) is 6.54 Å². The van der Waals surface area contributed by atoms with Gasteiger partial charge in [-0.3, -0.25) is 0 Å². The minimum Gasteiger partial charge on any atom is -0.312 e. The van der Waals surface area contributed by atoms with Crippen LogP contribution < -0.4 is 5.32 Å². The molecule has 0 radical (unpaired) electrons. The highest BCUT2D eigenvalue weighted by molar-refractivity contribution is 5.25. The van der Waals surface area contributed by atoms with E-state index in [1.807, 2.05) is 0 Å². The first kappa shape index (κ1) is 15.6. The van der Waals surface area contributed by atoms with Gasteiger partial charge in [0.05, 0.1) is 0 Å². The van der Waals surface area contributed by atoms with Gasteiger partial charge in [0.2, 0.25) is 0 Å². The van der Waals surface area contributed by atoms with Crippen molar-refractivity contribution in [3.05, 3.63) is 35.4 Å². The van der Waals surface area contributed by atoms with E-state index in [4.69, 9.17) is 0 Å². The first-order valence-corrected chi connectivity index (χ1v) is 8.17. The van der Waals surface area contributed by atoms with Crippen molar-refractivity contribution < 1.29 is 0 Å². The van der Waals surface area contributed by atoms with Gasteiger partial charge in [-0.2, -0.15) is 0 Å². The molecule has 0 amide bonds. The van der Waals surface area contributed by atoms with Crippen molar-refractivity contribution in [3.63, 3.8) is 0 Å². The van der Waals surface area contributed by atoms with E-state index in [0.29, 0.717) is 0 Å². The molecule has 0 spiro atoms. The largest absolute Gasteiger partial charge is 0.312 e. The molecule has 2 rings (SSSR count). The third-order valence-corrected chi connectivity index (χ3v) is 4.66. The van der Waals surface area contributed by atoms with Gasteiger partial charge in [-0.15, -0.1) is 0 Å². The molecule has 1 N–H and O–H groups in total. The van der Waals surface area contributed by atoms with E-state index in [0.717, 1.165) is 24.3 Å². The zero-order chi connectivity index (χ0) is 14.8. The summed E-state index contributed by atoms with van der Waals surface area (Å²) in [6.45, 7) is 12.5. The zero-order valence-corrected chi connectivity index (χ0v) is 13.9. The summed E-state index contributed by atoms with van der Waals surface area (Å²) in [6, 6.07) is 9.23. The van der Waals surface area contributed by atoms with E-state index < -0.39 is 0 Å². The second-order valence-corrected chi connectivity index (χ2v) is 7.83. The van der Waals surface area contributed by atoms with Crippen LogP contribution in [0.15, 0.2) is 24.3 Å². The van der Waals surface area contributed by atoms with Crippen LogP contribution in [0.25, 0.3) is 0 Å². The van der Waals surface area contributed by atoms with E-state index >= 15 is 0 Å². The Hall–Kier alpha value is -0.820. The highest BCUT2D eigenvalue weighted by Crippen LogP contribution is 2.40. The first-order chi connectivity index (χ1) is 9.35. The quantitative estimate of drug-likeness (QED) is 0.825. The molecule has 3 unspecified atom stereocenters. The minimum absolute atomic E-state index is 0.223. The molecule has 1 aromatic carbocycles. The highest BCUT2D eigenvalue weighted by atomic mass is 14.9. The molecule has 0 aliphatic heterocycles. The Morgan fingerprint density at radius 2 is 1.75 bits per heavy atom. The van der Waals surface area contributed by atoms with Gasteiger partial charge in [0, 0.05) is 5.54 Å². The summed E-state index contributed by atoms with van der Waals surface area (Å²) in [7, 11) is 0. The third kappa shape index (κ3) is 4.34. The lowest BCUT2D eigenvalue weighted by atomic mass is 9.71. The Morgan fingerprint density at radius 3 is 2.35 bits per heavy atom. The van der Waals surface area contributed by atoms with E-state index in [1.54, 1.807) is 5.56 Å². The molecule has 1 nitrogen and oxygen atoms in total. The number of nitrogens with one attached hydrogen (secondary N) is 1. The molecular formula is C19H31N. The summed E-state index contributed by atoms with van der Waals surface area (Å²) in [6.07, 6.45) is 4.10. The third-order valence-electron chi connectivity index (χ3n) is 4.66. The lowest BCUT2D eigenvalue weighted by molar-refractivity contribution is 0.227. The SMILES string of the molecule is Cc1ccc(C2CC(C)CCC2CNC(C)(C)C)cc1. The average Bonchev–Trinajstić information content (AvgIpc) is 2.37. The molecule has 1 saturated carbocycles. The molecular weight excluding hydrogens is 242 g/mol. The van der Waals surface area contributed by atoms with E-state index in [-0.39, 0.29) is 5.54 Å². The van der Waals surface area contributed by atoms with Gasteiger partial charge in [0.1, 0.15) is 0 Å². The topological polar surface area (TPSA) is 12.0 Å². The maximum Gasteiger partial charge on any atom is 0.00966 e. The summed E-state index contributed by atoms with van der Waals surface area (Å²) >= 11 is 0. The standard InChI is InChI=1S/C19H31N/c1-14-6-9-16(10-7-14)18-12-15(2)8-11-17(18)13-20-19(3,4)5/h6-7,9-10,15,17-18,20H,8,11-13H2,1-5H3. The summed E-state index contributed by atoms with van der Waals surface area (Å²) < 4.78 is 0. The van der Waals surface area contributed by atoms with Crippen LogP contribution in [0.5, 0.6) is 0 Å². The molecule has 1 aliphatic rings. The molecule has 0 heterocycles. The van der Waals surface area contributed by atoms with Crippen LogP contribution >= 0.6 is 0 Å². The second kappa shape index (κ2) is 6.30. The summed E-state index contributed by atoms with van der Waals surface area (Å²) in [4.78, 5) is 0. The van der Waals surface area contributed by atoms with E-state index in [9.17, 15) is 0 Å². The molecule has 1 aromatic rings. The Labute approximate surface area is 125 Å². The lowest BCUT2D eigenvalue weighted by Crippen LogP contribution is -2.41. The van der Waals surface area contributed by atoms with Crippen LogP contribution in [0.3, 0.4) is 0 Å². The van der Waals surface area contributed by atoms with Crippen molar-refractivity contribution in [2.24, 2.45) is 11.8 Å². The van der Waals surface area contributed by atoms with Crippen LogP contribution in [0, 0.1) is 18.8 Å². The van der Waals surface area contributed by atoms with Crippen molar-refractivity contribution in [3.8, 4) is 0 Å². The van der Waals surface area contributed by atoms with Crippen molar-refractivity contribution >= 4 is 0 Å². The van der Waals surface area contributed by atoms with Gasteiger partial charge in [-0.25, -0.2) is 0 Å². The normalized spacial score (nSPS) is 27.6. The number of benzene rings is 1. The van der Waals surface area contributed by atoms with E-state index in [1.165, 1.54) is 24.8 Å². The Bertz CT molecular complexity index is 412. The summed E-state index contributed by atoms with van der Waals surface area (Å²) in [5.74, 6) is 2.38. The zero-order valence-electron chi connectivity index (χ0n) is 13.9. The number of hydrogen-bond donors (Lipinski definition) is 1. The number of aryl methyl sites for hydroxylation is 1. The molecule has 0 bridgehead atoms. The van der Waals surface area contributed by atoms with Gasteiger partial charge in [0.25, 0.3) is 0 Å². The lowest BCUT2D eigenvalue weighted by Gasteiger charge is -2.37. The van der Waals surface area contributed by atoms with Crippen molar-refractivity contribution in [1.82, 2.24) is 5.32 Å². The average molecular weight is 273 g/mol. The van der Waals surface area contributed by atoms with Gasteiger partial charge in [0.15, 0.2) is 0 Å². The Morgan fingerprint density at radius 1 is 1.10 bits per heavy atom. The first-order valence-electron chi connectivity index (χ1n) is 8.17. The van der Waals surface area contributed by atoms with E-state index in [2.05, 4.69) is 64.2 Å². The molecule has 112 valence electrons. The Kier molecular flexibility index (Phi) is 4.90. The fourth-order valence-electron chi connectivity index (χ4n) is 3.35. The molecule has 20 heavy (non-hydrogen) atoms. The molecule has 1 heteroatoms. The van der Waals surface area contributed by atoms with Crippen LogP contribution in [0.4, 0.5) is 0 Å². The van der Waals surface area contributed by atoms with Crippen molar-refractivity contribution in [1.29, 1.82) is 0 Å². The number of rotatable bonds is 3. The summed E-state index contributed by atoms with van der Waals surface area (Å²) in [5.41, 5.74) is 3.13. The van der Waals surface area contributed by atoms with Crippen molar-refractivity contribution in [2.45, 2.75) is 65.3 Å². The molecule has 1 aliphatic carbocycles. The fraction of sp³-hybridized carbons (Fsp3) is 0.684. The Balaban J connectivity index is 2.10. The smallest absolute Gasteiger partial charge is 0.00966 e. The molecule has 0 saturated heterocycles. The van der Waals surface area contributed by atoms with Crippen LogP contribution in [0.1, 0.15) is 64.0 Å². The predicted molar refractivity (Wildman–Crippen MR) is 88.2 cm³/mol. The number of hydrogen-bond acceptors (Lipinski definition) is 1. The van der Waals surface area contributed by atoms with Gasteiger partial charge in [-0.05, 0) is 70.4 Å². The molecule has 0 aromatic heterocycles. The van der Waals surface area contributed by atoms with Crippen LogP contribution in [-0.2, 0) is 0 Å². The fourth-order valence-corrected chi connectivity index (χ4v) is 3.35. The van der Waals surface area contributed by atoms with Gasteiger partial charge < -0.3 is 5.32 Å². The highest BCUT2D eigenvalue weighted by Gasteiger charge is 2.30. The van der Waals surface area contributed by atoms with Gasteiger partial charge >= 0.3 is 0 Å². The predicted octanol–water partition coefficient (Wildman–Crippen LogP) is 4.90. The second-order valence-electron chi connectivity index (χ2n) is 7.83.